The number of carbonyl (C=O) groups is 1. The van der Waals surface area contributed by atoms with Gasteiger partial charge in [-0.1, -0.05) is 6.92 Å². The Bertz CT molecular complexity index is 524. The first-order valence-electron chi connectivity index (χ1n) is 8.76. The van der Waals surface area contributed by atoms with E-state index < -0.39 is 0 Å². The van der Waals surface area contributed by atoms with Crippen LogP contribution in [0.1, 0.15) is 38.2 Å². The monoisotopic (exact) mass is 317 g/mol. The second-order valence-corrected chi connectivity index (χ2v) is 6.48. The molecule has 0 aliphatic carbocycles. The summed E-state index contributed by atoms with van der Waals surface area (Å²) in [4.78, 5) is 25.8. The Hall–Kier alpha value is -1.69. The summed E-state index contributed by atoms with van der Waals surface area (Å²) in [5.74, 6) is 1.10. The lowest BCUT2D eigenvalue weighted by Crippen LogP contribution is -2.55. The number of rotatable bonds is 4. The van der Waals surface area contributed by atoms with Gasteiger partial charge >= 0.3 is 0 Å². The number of aryl methyl sites for hydroxylation is 1. The van der Waals surface area contributed by atoms with Crippen molar-refractivity contribution in [3.05, 3.63) is 18.0 Å². The Balaban J connectivity index is 1.58. The zero-order chi connectivity index (χ0) is 16.2. The lowest BCUT2D eigenvalue weighted by atomic mass is 9.97. The van der Waals surface area contributed by atoms with Gasteiger partial charge in [0.25, 0.3) is 0 Å². The summed E-state index contributed by atoms with van der Waals surface area (Å²) in [5.41, 5.74) is 1.17. The minimum Gasteiger partial charge on any atom is -0.341 e. The van der Waals surface area contributed by atoms with Gasteiger partial charge in [-0.05, 0) is 44.7 Å². The molecule has 23 heavy (non-hydrogen) atoms. The van der Waals surface area contributed by atoms with Crippen LogP contribution in [0, 0.1) is 0 Å². The van der Waals surface area contributed by atoms with Crippen molar-refractivity contribution in [3.63, 3.8) is 0 Å². The number of nitrogens with zero attached hydrogens (tertiary/aromatic N) is 4. The number of nitrogens with one attached hydrogen (secondary N) is 1. The molecule has 0 bridgehead atoms. The molecule has 6 nitrogen and oxygen atoms in total. The summed E-state index contributed by atoms with van der Waals surface area (Å²) in [7, 11) is 1.88. The van der Waals surface area contributed by atoms with Crippen LogP contribution in [0.2, 0.25) is 0 Å². The largest absolute Gasteiger partial charge is 0.341 e. The molecule has 1 atom stereocenters. The maximum Gasteiger partial charge on any atom is 0.239 e. The molecule has 3 rings (SSSR count). The summed E-state index contributed by atoms with van der Waals surface area (Å²) < 4.78 is 0. The van der Waals surface area contributed by atoms with Gasteiger partial charge in [0.15, 0.2) is 0 Å². The number of piperidine rings is 2. The molecule has 6 heteroatoms. The summed E-state index contributed by atoms with van der Waals surface area (Å²) in [5, 5.41) is 3.15. The van der Waals surface area contributed by atoms with E-state index in [0.29, 0.717) is 6.04 Å². The topological polar surface area (TPSA) is 61.4 Å². The maximum atomic E-state index is 12.5. The molecule has 126 valence electrons. The predicted molar refractivity (Wildman–Crippen MR) is 90.4 cm³/mol. The SMILES string of the molecule is CCc1cnc(N2CCC(N3CCCC(NC)C3=O)CC2)nc1. The molecule has 2 aliphatic heterocycles. The van der Waals surface area contributed by atoms with Crippen molar-refractivity contribution in [2.24, 2.45) is 0 Å². The number of hydrogen-bond acceptors (Lipinski definition) is 5. The second-order valence-electron chi connectivity index (χ2n) is 6.48. The van der Waals surface area contributed by atoms with Crippen molar-refractivity contribution in [1.82, 2.24) is 20.2 Å². The number of anilines is 1. The van der Waals surface area contributed by atoms with Crippen LogP contribution in [0.5, 0.6) is 0 Å². The molecular formula is C17H27N5O. The van der Waals surface area contributed by atoms with Crippen LogP contribution < -0.4 is 10.2 Å². The van der Waals surface area contributed by atoms with Crippen LogP contribution >= 0.6 is 0 Å². The molecule has 1 N–H and O–H groups in total. The van der Waals surface area contributed by atoms with Crippen LogP contribution in [0.4, 0.5) is 5.95 Å². The quantitative estimate of drug-likeness (QED) is 0.905. The van der Waals surface area contributed by atoms with Crippen LogP contribution in [-0.2, 0) is 11.2 Å². The fraction of sp³-hybridized carbons (Fsp3) is 0.706. The molecule has 2 saturated heterocycles. The van der Waals surface area contributed by atoms with E-state index in [-0.39, 0.29) is 11.9 Å². The smallest absolute Gasteiger partial charge is 0.239 e. The van der Waals surface area contributed by atoms with Crippen LogP contribution in [0.25, 0.3) is 0 Å². The lowest BCUT2D eigenvalue weighted by Gasteiger charge is -2.42. The highest BCUT2D eigenvalue weighted by Gasteiger charge is 2.34. The molecule has 1 aromatic rings. The number of hydrogen-bond donors (Lipinski definition) is 1. The van der Waals surface area contributed by atoms with Gasteiger partial charge in [-0.25, -0.2) is 9.97 Å². The average molecular weight is 317 g/mol. The van der Waals surface area contributed by atoms with Crippen LogP contribution in [0.3, 0.4) is 0 Å². The third-order valence-electron chi connectivity index (χ3n) is 5.11. The molecule has 2 aliphatic rings. The number of aromatic nitrogens is 2. The van der Waals surface area contributed by atoms with E-state index >= 15 is 0 Å². The summed E-state index contributed by atoms with van der Waals surface area (Å²) in [6.45, 7) is 4.86. The van der Waals surface area contributed by atoms with Gasteiger partial charge in [0.2, 0.25) is 11.9 Å². The predicted octanol–water partition coefficient (Wildman–Crippen LogP) is 1.22. The molecule has 0 radical (unpaired) electrons. The van der Waals surface area contributed by atoms with Crippen molar-refractivity contribution in [2.45, 2.75) is 51.1 Å². The number of likely N-dealkylation sites (tertiary alicyclic amines) is 1. The molecular weight excluding hydrogens is 290 g/mol. The van der Waals surface area contributed by atoms with Crippen molar-refractivity contribution in [1.29, 1.82) is 0 Å². The maximum absolute atomic E-state index is 12.5. The van der Waals surface area contributed by atoms with Gasteiger partial charge in [-0.3, -0.25) is 4.79 Å². The Morgan fingerprint density at radius 2 is 1.87 bits per heavy atom. The second kappa shape index (κ2) is 7.25. The first-order valence-corrected chi connectivity index (χ1v) is 8.76. The highest BCUT2D eigenvalue weighted by Crippen LogP contribution is 2.23. The van der Waals surface area contributed by atoms with Crippen LogP contribution in [0.15, 0.2) is 12.4 Å². The standard InChI is InChI=1S/C17H27N5O/c1-3-13-11-19-17(20-12-13)21-9-6-14(7-10-21)22-8-4-5-15(18-2)16(22)23/h11-12,14-15,18H,3-10H2,1-2H3. The average Bonchev–Trinajstić information content (AvgIpc) is 2.62. The normalized spacial score (nSPS) is 23.4. The number of carbonyl (C=O) groups excluding carboxylic acids is 1. The Morgan fingerprint density at radius 1 is 1.17 bits per heavy atom. The molecule has 2 fully saturated rings. The molecule has 3 heterocycles. The molecule has 0 spiro atoms. The molecule has 0 aromatic carbocycles. The fourth-order valence-electron chi connectivity index (χ4n) is 3.60. The summed E-state index contributed by atoms with van der Waals surface area (Å²) in [6, 6.07) is 0.372. The Labute approximate surface area is 138 Å². The van der Waals surface area contributed by atoms with Crippen LogP contribution in [-0.4, -0.2) is 59.5 Å². The highest BCUT2D eigenvalue weighted by atomic mass is 16.2. The molecule has 1 amide bonds. The third kappa shape index (κ3) is 3.47. The van der Waals surface area contributed by atoms with E-state index in [2.05, 4.69) is 32.0 Å². The van der Waals surface area contributed by atoms with E-state index in [1.807, 2.05) is 19.4 Å². The third-order valence-corrected chi connectivity index (χ3v) is 5.11. The van der Waals surface area contributed by atoms with Crippen molar-refractivity contribution in [3.8, 4) is 0 Å². The first-order chi connectivity index (χ1) is 11.2. The molecule has 0 saturated carbocycles. The van der Waals surface area contributed by atoms with Gasteiger partial charge < -0.3 is 15.1 Å². The Morgan fingerprint density at radius 3 is 2.48 bits per heavy atom. The Kier molecular flexibility index (Phi) is 5.10. The molecule has 1 unspecified atom stereocenters. The minimum atomic E-state index is 0.00620. The number of amides is 1. The zero-order valence-corrected chi connectivity index (χ0v) is 14.2. The van der Waals surface area contributed by atoms with Gasteiger partial charge in [-0.15, -0.1) is 0 Å². The van der Waals surface area contributed by atoms with E-state index in [9.17, 15) is 4.79 Å². The van der Waals surface area contributed by atoms with Crippen molar-refractivity contribution in [2.75, 3.05) is 31.6 Å². The van der Waals surface area contributed by atoms with Gasteiger partial charge in [-0.2, -0.15) is 0 Å². The molecule has 1 aromatic heterocycles. The zero-order valence-electron chi connectivity index (χ0n) is 14.2. The van der Waals surface area contributed by atoms with Gasteiger partial charge in [0.1, 0.15) is 0 Å². The first kappa shape index (κ1) is 16.2. The number of likely N-dealkylation sites (N-methyl/N-ethyl adjacent to an activating group) is 1. The van der Waals surface area contributed by atoms with Gasteiger partial charge in [0.05, 0.1) is 6.04 Å². The lowest BCUT2D eigenvalue weighted by molar-refractivity contribution is -0.138. The minimum absolute atomic E-state index is 0.00620. The summed E-state index contributed by atoms with van der Waals surface area (Å²) >= 11 is 0. The highest BCUT2D eigenvalue weighted by molar-refractivity contribution is 5.82. The van der Waals surface area contributed by atoms with E-state index in [4.69, 9.17) is 0 Å². The fourth-order valence-corrected chi connectivity index (χ4v) is 3.60. The van der Waals surface area contributed by atoms with Gasteiger partial charge in [0, 0.05) is 38.1 Å². The van der Waals surface area contributed by atoms with Crippen molar-refractivity contribution >= 4 is 11.9 Å². The van der Waals surface area contributed by atoms with E-state index in [1.54, 1.807) is 0 Å². The van der Waals surface area contributed by atoms with E-state index in [1.165, 1.54) is 5.56 Å². The summed E-state index contributed by atoms with van der Waals surface area (Å²) in [6.07, 6.45) is 8.86. The van der Waals surface area contributed by atoms with E-state index in [0.717, 1.165) is 57.7 Å². The van der Waals surface area contributed by atoms with Crippen molar-refractivity contribution < 1.29 is 4.79 Å².